The van der Waals surface area contributed by atoms with Crippen molar-refractivity contribution in [1.29, 1.82) is 0 Å². The first-order chi connectivity index (χ1) is 15.8. The maximum absolute atomic E-state index is 13.5. The van der Waals surface area contributed by atoms with Gasteiger partial charge in [0.1, 0.15) is 11.6 Å². The summed E-state index contributed by atoms with van der Waals surface area (Å²) < 4.78 is 0. The molecule has 1 aliphatic rings. The number of thioether (sulfide) groups is 1. The summed E-state index contributed by atoms with van der Waals surface area (Å²) >= 11 is 1.77. The zero-order valence-electron chi connectivity index (χ0n) is 19.0. The van der Waals surface area contributed by atoms with Crippen molar-refractivity contribution in [3.8, 4) is 5.75 Å². The summed E-state index contributed by atoms with van der Waals surface area (Å²) in [5.74, 6) is 1.37. The van der Waals surface area contributed by atoms with E-state index in [0.717, 1.165) is 16.9 Å². The number of aromatic nitrogens is 2. The molecular weight excluding hydrogens is 434 g/mol. The molecule has 2 heterocycles. The van der Waals surface area contributed by atoms with E-state index in [1.807, 2.05) is 38.1 Å². The molecule has 33 heavy (non-hydrogen) atoms. The van der Waals surface area contributed by atoms with Gasteiger partial charge in [-0.15, -0.1) is 11.8 Å². The third kappa shape index (κ3) is 4.78. The zero-order chi connectivity index (χ0) is 23.6. The molecule has 0 spiro atoms. The van der Waals surface area contributed by atoms with E-state index >= 15 is 0 Å². The van der Waals surface area contributed by atoms with Crippen LogP contribution in [0.15, 0.2) is 53.6 Å². The summed E-state index contributed by atoms with van der Waals surface area (Å²) in [5, 5.41) is 12.4. The molecular formula is C26H27N3O3S. The van der Waals surface area contributed by atoms with E-state index in [-0.39, 0.29) is 23.9 Å². The second kappa shape index (κ2) is 9.35. The molecule has 0 bridgehead atoms. The van der Waals surface area contributed by atoms with Crippen LogP contribution in [0.5, 0.6) is 5.75 Å². The number of hydrogen-bond donors (Lipinski definition) is 2. The van der Waals surface area contributed by atoms with Gasteiger partial charge in [-0.1, -0.05) is 19.1 Å². The molecule has 0 aliphatic heterocycles. The summed E-state index contributed by atoms with van der Waals surface area (Å²) in [6.07, 6.45) is 2.78. The highest BCUT2D eigenvalue weighted by molar-refractivity contribution is 7.99. The Kier molecular flexibility index (Phi) is 6.51. The van der Waals surface area contributed by atoms with Crippen LogP contribution in [0.25, 0.3) is 0 Å². The molecule has 170 valence electrons. The summed E-state index contributed by atoms with van der Waals surface area (Å²) in [7, 11) is 0. The monoisotopic (exact) mass is 461 g/mol. The smallest absolute Gasteiger partial charge is 0.229 e. The van der Waals surface area contributed by atoms with E-state index in [9.17, 15) is 14.7 Å². The lowest BCUT2D eigenvalue weighted by atomic mass is 9.70. The fraction of sp³-hybridized carbons (Fsp3) is 0.308. The van der Waals surface area contributed by atoms with Gasteiger partial charge in [0.2, 0.25) is 5.91 Å². The van der Waals surface area contributed by atoms with Crippen LogP contribution < -0.4 is 5.32 Å². The van der Waals surface area contributed by atoms with Gasteiger partial charge >= 0.3 is 0 Å². The van der Waals surface area contributed by atoms with Crippen LogP contribution in [-0.2, 0) is 23.1 Å². The Labute approximate surface area is 197 Å². The highest BCUT2D eigenvalue weighted by Crippen LogP contribution is 2.38. The maximum atomic E-state index is 13.5. The Bertz CT molecular complexity index is 1190. The van der Waals surface area contributed by atoms with E-state index in [1.165, 1.54) is 11.1 Å². The molecule has 4 rings (SSSR count). The van der Waals surface area contributed by atoms with E-state index in [4.69, 9.17) is 0 Å². The van der Waals surface area contributed by atoms with E-state index < -0.39 is 5.41 Å². The number of benzene rings is 1. The molecule has 7 heteroatoms. The lowest BCUT2D eigenvalue weighted by Gasteiger charge is -2.33. The summed E-state index contributed by atoms with van der Waals surface area (Å²) in [6, 6.07) is 13.0. The van der Waals surface area contributed by atoms with Crippen molar-refractivity contribution in [2.45, 2.75) is 50.3 Å². The number of aryl methyl sites for hydroxylation is 2. The molecule has 0 saturated heterocycles. The molecule has 1 amide bonds. The van der Waals surface area contributed by atoms with Gasteiger partial charge in [-0.25, -0.2) is 4.98 Å². The van der Waals surface area contributed by atoms with Gasteiger partial charge in [-0.3, -0.25) is 14.6 Å². The Hall–Kier alpha value is -3.19. The minimum absolute atomic E-state index is 0.0325. The molecule has 1 atom stereocenters. The fourth-order valence-electron chi connectivity index (χ4n) is 4.25. The molecule has 2 N–H and O–H groups in total. The number of nitrogens with one attached hydrogen (secondary N) is 1. The number of carbonyl (C=O) groups is 2. The first-order valence-corrected chi connectivity index (χ1v) is 12.0. The van der Waals surface area contributed by atoms with Crippen LogP contribution in [0.4, 0.5) is 5.82 Å². The molecule has 1 aliphatic carbocycles. The van der Waals surface area contributed by atoms with E-state index in [0.29, 0.717) is 35.6 Å². The number of hydrogen-bond acceptors (Lipinski definition) is 6. The Morgan fingerprint density at radius 2 is 1.97 bits per heavy atom. The molecule has 1 unspecified atom stereocenters. The van der Waals surface area contributed by atoms with Gasteiger partial charge in [0.15, 0.2) is 5.78 Å². The molecule has 1 aromatic carbocycles. The Morgan fingerprint density at radius 1 is 1.21 bits per heavy atom. The summed E-state index contributed by atoms with van der Waals surface area (Å²) in [4.78, 5) is 36.1. The van der Waals surface area contributed by atoms with Crippen LogP contribution in [0.3, 0.4) is 0 Å². The fourth-order valence-corrected chi connectivity index (χ4v) is 4.91. The minimum atomic E-state index is -0.778. The van der Waals surface area contributed by atoms with Crippen molar-refractivity contribution in [2.24, 2.45) is 0 Å². The number of rotatable bonds is 6. The van der Waals surface area contributed by atoms with Crippen LogP contribution in [0.1, 0.15) is 53.1 Å². The van der Waals surface area contributed by atoms with Crippen molar-refractivity contribution in [2.75, 3.05) is 11.1 Å². The molecule has 0 fully saturated rings. The summed E-state index contributed by atoms with van der Waals surface area (Å²) in [6.45, 7) is 5.86. The van der Waals surface area contributed by atoms with Crippen molar-refractivity contribution < 1.29 is 14.7 Å². The largest absolute Gasteiger partial charge is 0.506 e. The predicted molar refractivity (Wildman–Crippen MR) is 130 cm³/mol. The second-order valence-corrected chi connectivity index (χ2v) is 9.85. The average molecular weight is 462 g/mol. The zero-order valence-corrected chi connectivity index (χ0v) is 19.8. The van der Waals surface area contributed by atoms with Gasteiger partial charge in [-0.05, 0) is 73.9 Å². The number of Topliss-reactive ketones (excluding diaryl/α,β-unsaturated/α-hetero) is 1. The highest BCUT2D eigenvalue weighted by Gasteiger charge is 2.42. The van der Waals surface area contributed by atoms with Crippen molar-refractivity contribution in [3.05, 3.63) is 76.7 Å². The topological polar surface area (TPSA) is 92.2 Å². The van der Waals surface area contributed by atoms with E-state index in [1.54, 1.807) is 30.0 Å². The van der Waals surface area contributed by atoms with Gasteiger partial charge in [0, 0.05) is 10.5 Å². The normalized spacial score (nSPS) is 17.5. The van der Waals surface area contributed by atoms with Gasteiger partial charge in [-0.2, -0.15) is 0 Å². The molecule has 2 aromatic heterocycles. The number of amides is 1. The number of pyridine rings is 2. The molecule has 0 saturated carbocycles. The summed E-state index contributed by atoms with van der Waals surface area (Å²) in [5.41, 5.74) is 2.88. The molecule has 6 nitrogen and oxygen atoms in total. The quantitative estimate of drug-likeness (QED) is 0.509. The first kappa shape index (κ1) is 23.0. The minimum Gasteiger partial charge on any atom is -0.506 e. The van der Waals surface area contributed by atoms with Crippen LogP contribution >= 0.6 is 11.8 Å². The predicted octanol–water partition coefficient (Wildman–Crippen LogP) is 4.87. The molecule has 3 aromatic rings. The van der Waals surface area contributed by atoms with Crippen molar-refractivity contribution in [1.82, 2.24) is 9.97 Å². The van der Waals surface area contributed by atoms with Gasteiger partial charge in [0.05, 0.1) is 29.4 Å². The lowest BCUT2D eigenvalue weighted by Crippen LogP contribution is -2.39. The SMILES string of the molecule is CCSc1ccc(CC(=O)Nc2cc(C)c3c(n2)CCC(C)(c2ccc(O)cn2)C3=O)cc1. The van der Waals surface area contributed by atoms with Crippen LogP contribution in [0, 0.1) is 6.92 Å². The van der Waals surface area contributed by atoms with Crippen molar-refractivity contribution >= 4 is 29.3 Å². The Balaban J connectivity index is 1.51. The third-order valence-electron chi connectivity index (χ3n) is 6.06. The van der Waals surface area contributed by atoms with E-state index in [2.05, 4.69) is 22.2 Å². The number of fused-ring (bicyclic) bond motifs is 1. The van der Waals surface area contributed by atoms with Crippen molar-refractivity contribution in [3.63, 3.8) is 0 Å². The van der Waals surface area contributed by atoms with Crippen LogP contribution in [0.2, 0.25) is 0 Å². The Morgan fingerprint density at radius 3 is 2.64 bits per heavy atom. The van der Waals surface area contributed by atoms with Crippen LogP contribution in [-0.4, -0.2) is 32.5 Å². The number of ketones is 1. The standard InChI is InChI=1S/C26H27N3O3S/c1-4-33-19-8-5-17(6-9-19)14-23(31)29-22-13-16(2)24-20(28-22)11-12-26(3,25(24)32)21-10-7-18(30)15-27-21/h5-10,13,15,30H,4,11-12,14H2,1-3H3,(H,28,29,31). The number of carbonyl (C=O) groups excluding carboxylic acids is 2. The second-order valence-electron chi connectivity index (χ2n) is 8.51. The number of nitrogens with zero attached hydrogens (tertiary/aromatic N) is 2. The maximum Gasteiger partial charge on any atom is 0.229 e. The number of anilines is 1. The molecule has 0 radical (unpaired) electrons. The lowest BCUT2D eigenvalue weighted by molar-refractivity contribution is -0.115. The highest BCUT2D eigenvalue weighted by atomic mass is 32.2. The third-order valence-corrected chi connectivity index (χ3v) is 6.96. The van der Waals surface area contributed by atoms with Gasteiger partial charge in [0.25, 0.3) is 0 Å². The first-order valence-electron chi connectivity index (χ1n) is 11.0. The average Bonchev–Trinajstić information content (AvgIpc) is 2.78. The van der Waals surface area contributed by atoms with Gasteiger partial charge < -0.3 is 10.4 Å². The number of aromatic hydroxyl groups is 1.